The summed E-state index contributed by atoms with van der Waals surface area (Å²) in [7, 11) is 1.67. The quantitative estimate of drug-likeness (QED) is 0.718. The molecule has 0 aliphatic rings. The van der Waals surface area contributed by atoms with Crippen LogP contribution in [0, 0.1) is 0 Å². The van der Waals surface area contributed by atoms with Crippen LogP contribution in [-0.2, 0) is 15.9 Å². The molecule has 3 nitrogen and oxygen atoms in total. The first-order chi connectivity index (χ1) is 9.31. The maximum Gasteiger partial charge on any atom is 0.0955 e. The predicted molar refractivity (Wildman–Crippen MR) is 81.6 cm³/mol. The van der Waals surface area contributed by atoms with Crippen molar-refractivity contribution in [1.82, 2.24) is 4.98 Å². The highest BCUT2D eigenvalue weighted by Gasteiger charge is 2.07. The molecular weight excluding hydrogens is 326 g/mol. The van der Waals surface area contributed by atoms with E-state index in [4.69, 9.17) is 9.47 Å². The summed E-state index contributed by atoms with van der Waals surface area (Å²) < 4.78 is 11.4. The van der Waals surface area contributed by atoms with Crippen molar-refractivity contribution in [3.05, 3.63) is 39.1 Å². The molecule has 0 amide bonds. The number of nitrogens with zero attached hydrogens (tertiary/aromatic N) is 1. The van der Waals surface area contributed by atoms with Gasteiger partial charge in [0.15, 0.2) is 0 Å². The van der Waals surface area contributed by atoms with Gasteiger partial charge in [-0.15, -0.1) is 11.3 Å². The summed E-state index contributed by atoms with van der Waals surface area (Å²) in [5.74, 6) is 0. The van der Waals surface area contributed by atoms with Crippen molar-refractivity contribution in [2.24, 2.45) is 0 Å². The molecule has 0 bridgehead atoms. The first-order valence-corrected chi connectivity index (χ1v) is 7.74. The number of thiazole rings is 1. The lowest BCUT2D eigenvalue weighted by Gasteiger charge is -2.01. The fraction of sp³-hybridized carbons (Fsp3) is 0.357. The summed E-state index contributed by atoms with van der Waals surface area (Å²) in [6.07, 6.45) is 0.846. The van der Waals surface area contributed by atoms with Crippen LogP contribution in [0.3, 0.4) is 0 Å². The van der Waals surface area contributed by atoms with Crippen LogP contribution in [0.25, 0.3) is 11.3 Å². The number of methoxy groups -OCH3 is 1. The van der Waals surface area contributed by atoms with Gasteiger partial charge >= 0.3 is 0 Å². The van der Waals surface area contributed by atoms with Crippen LogP contribution in [0.1, 0.15) is 5.01 Å². The number of rotatable bonds is 7. The minimum Gasteiger partial charge on any atom is -0.382 e. The van der Waals surface area contributed by atoms with Gasteiger partial charge in [0.1, 0.15) is 0 Å². The van der Waals surface area contributed by atoms with Crippen LogP contribution in [0.4, 0.5) is 0 Å². The summed E-state index contributed by atoms with van der Waals surface area (Å²) in [6.45, 7) is 1.96. The molecule has 0 radical (unpaired) electrons. The zero-order valence-electron chi connectivity index (χ0n) is 10.8. The normalized spacial score (nSPS) is 10.8. The van der Waals surface area contributed by atoms with E-state index in [1.807, 2.05) is 18.2 Å². The van der Waals surface area contributed by atoms with Crippen molar-refractivity contribution in [1.29, 1.82) is 0 Å². The molecule has 19 heavy (non-hydrogen) atoms. The van der Waals surface area contributed by atoms with Gasteiger partial charge in [0, 0.05) is 28.9 Å². The largest absolute Gasteiger partial charge is 0.382 e. The lowest BCUT2D eigenvalue weighted by Crippen LogP contribution is -2.04. The van der Waals surface area contributed by atoms with Gasteiger partial charge < -0.3 is 9.47 Å². The Kier molecular flexibility index (Phi) is 5.97. The van der Waals surface area contributed by atoms with Gasteiger partial charge in [0.25, 0.3) is 0 Å². The molecule has 2 rings (SSSR count). The fourth-order valence-electron chi connectivity index (χ4n) is 1.62. The Hall–Kier alpha value is -0.750. The van der Waals surface area contributed by atoms with Crippen molar-refractivity contribution in [2.45, 2.75) is 6.42 Å². The van der Waals surface area contributed by atoms with E-state index in [2.05, 4.69) is 32.4 Å². The van der Waals surface area contributed by atoms with Crippen molar-refractivity contribution < 1.29 is 9.47 Å². The molecule has 0 fully saturated rings. The summed E-state index contributed by atoms with van der Waals surface area (Å²) in [5, 5.41) is 3.19. The average Bonchev–Trinajstić information content (AvgIpc) is 2.88. The van der Waals surface area contributed by atoms with Gasteiger partial charge in [-0.3, -0.25) is 0 Å². The molecule has 0 spiro atoms. The van der Waals surface area contributed by atoms with Crippen molar-refractivity contribution in [2.75, 3.05) is 26.9 Å². The molecular formula is C14H16BrNO2S. The zero-order valence-corrected chi connectivity index (χ0v) is 13.2. The minimum absolute atomic E-state index is 0.638. The molecule has 0 unspecified atom stereocenters. The molecule has 2 aromatic rings. The van der Waals surface area contributed by atoms with E-state index >= 15 is 0 Å². The van der Waals surface area contributed by atoms with Crippen molar-refractivity contribution in [3.63, 3.8) is 0 Å². The number of ether oxygens (including phenoxy) is 2. The topological polar surface area (TPSA) is 31.4 Å². The molecule has 5 heteroatoms. The first kappa shape index (κ1) is 14.7. The van der Waals surface area contributed by atoms with Crippen molar-refractivity contribution in [3.8, 4) is 11.3 Å². The fourth-order valence-corrected chi connectivity index (χ4v) is 2.89. The molecule has 1 aromatic heterocycles. The van der Waals surface area contributed by atoms with Crippen LogP contribution in [0.5, 0.6) is 0 Å². The molecule has 0 N–H and O–H groups in total. The highest BCUT2D eigenvalue weighted by atomic mass is 79.9. The summed E-state index contributed by atoms with van der Waals surface area (Å²) in [5.41, 5.74) is 2.15. The summed E-state index contributed by atoms with van der Waals surface area (Å²) in [4.78, 5) is 4.64. The van der Waals surface area contributed by atoms with E-state index in [1.165, 1.54) is 0 Å². The summed E-state index contributed by atoms with van der Waals surface area (Å²) in [6, 6.07) is 8.12. The average molecular weight is 342 g/mol. The van der Waals surface area contributed by atoms with Crippen LogP contribution >= 0.6 is 27.3 Å². The second-order valence-corrected chi connectivity index (χ2v) is 5.76. The van der Waals surface area contributed by atoms with Gasteiger partial charge in [-0.2, -0.15) is 0 Å². The van der Waals surface area contributed by atoms with Gasteiger partial charge in [0.05, 0.1) is 30.5 Å². The third kappa shape index (κ3) is 4.38. The lowest BCUT2D eigenvalue weighted by atomic mass is 10.2. The van der Waals surface area contributed by atoms with Gasteiger partial charge in [-0.25, -0.2) is 4.98 Å². The van der Waals surface area contributed by atoms with Crippen LogP contribution in [-0.4, -0.2) is 31.9 Å². The molecule has 1 heterocycles. The minimum atomic E-state index is 0.638. The number of aromatic nitrogens is 1. The van der Waals surface area contributed by atoms with E-state index in [0.29, 0.717) is 19.8 Å². The molecule has 0 aliphatic heterocycles. The van der Waals surface area contributed by atoms with E-state index in [1.54, 1.807) is 18.4 Å². The molecule has 0 atom stereocenters. The van der Waals surface area contributed by atoms with Gasteiger partial charge in [0.2, 0.25) is 0 Å². The van der Waals surface area contributed by atoms with Gasteiger partial charge in [-0.05, 0) is 6.07 Å². The third-order valence-corrected chi connectivity index (χ3v) is 4.19. The number of halogens is 1. The van der Waals surface area contributed by atoms with E-state index in [0.717, 1.165) is 27.2 Å². The smallest absolute Gasteiger partial charge is 0.0955 e. The Morgan fingerprint density at radius 2 is 2.05 bits per heavy atom. The maximum atomic E-state index is 5.45. The van der Waals surface area contributed by atoms with E-state index < -0.39 is 0 Å². The SMILES string of the molecule is COCCOCCc1nc(-c2ccccc2Br)cs1. The Morgan fingerprint density at radius 1 is 1.21 bits per heavy atom. The lowest BCUT2D eigenvalue weighted by molar-refractivity contribution is 0.0722. The molecule has 0 aliphatic carbocycles. The van der Waals surface area contributed by atoms with Crippen LogP contribution in [0.15, 0.2) is 34.1 Å². The molecule has 1 aromatic carbocycles. The number of hydrogen-bond donors (Lipinski definition) is 0. The standard InChI is InChI=1S/C14H16BrNO2S/c1-17-8-9-18-7-6-14-16-13(10-19-14)11-4-2-3-5-12(11)15/h2-5,10H,6-9H2,1H3. The summed E-state index contributed by atoms with van der Waals surface area (Å²) >= 11 is 5.22. The van der Waals surface area contributed by atoms with Gasteiger partial charge in [-0.1, -0.05) is 34.1 Å². The van der Waals surface area contributed by atoms with E-state index in [-0.39, 0.29) is 0 Å². The monoisotopic (exact) mass is 341 g/mol. The number of benzene rings is 1. The van der Waals surface area contributed by atoms with Crippen LogP contribution in [0.2, 0.25) is 0 Å². The molecule has 0 saturated carbocycles. The molecule has 102 valence electrons. The Labute approximate surface area is 125 Å². The second-order valence-electron chi connectivity index (χ2n) is 3.96. The van der Waals surface area contributed by atoms with Crippen molar-refractivity contribution >= 4 is 27.3 Å². The highest BCUT2D eigenvalue weighted by Crippen LogP contribution is 2.28. The Morgan fingerprint density at radius 3 is 2.84 bits per heavy atom. The maximum absolute atomic E-state index is 5.45. The predicted octanol–water partition coefficient (Wildman–Crippen LogP) is 3.78. The third-order valence-electron chi connectivity index (χ3n) is 2.59. The second kappa shape index (κ2) is 7.75. The highest BCUT2D eigenvalue weighted by molar-refractivity contribution is 9.10. The Balaban J connectivity index is 1.91. The number of hydrogen-bond acceptors (Lipinski definition) is 4. The van der Waals surface area contributed by atoms with E-state index in [9.17, 15) is 0 Å². The zero-order chi connectivity index (χ0) is 13.5. The first-order valence-electron chi connectivity index (χ1n) is 6.07. The van der Waals surface area contributed by atoms with Crippen LogP contribution < -0.4 is 0 Å². The Bertz CT molecular complexity index is 516. The molecule has 0 saturated heterocycles.